The molecular formula is C22H38. The highest BCUT2D eigenvalue weighted by atomic mass is 13.7. The molecule has 0 aliphatic carbocycles. The second-order valence-corrected chi connectivity index (χ2v) is 2.98. The lowest BCUT2D eigenvalue weighted by molar-refractivity contribution is 1.50. The smallest absolute Gasteiger partial charge is 0.0470 e. The van der Waals surface area contributed by atoms with Crippen LogP contribution in [-0.4, -0.2) is 0 Å². The molecule has 2 aromatic rings. The second-order valence-electron chi connectivity index (χ2n) is 2.98. The van der Waals surface area contributed by atoms with E-state index in [0.717, 1.165) is 0 Å². The Kier molecular flexibility index (Phi) is 55.1. The van der Waals surface area contributed by atoms with E-state index in [1.807, 2.05) is 140 Å². The summed E-state index contributed by atoms with van der Waals surface area (Å²) in [5, 5.41) is 0. The third kappa shape index (κ3) is 42.9. The molecule has 0 nitrogen and oxygen atoms in total. The van der Waals surface area contributed by atoms with Crippen LogP contribution >= 0.6 is 0 Å². The summed E-state index contributed by atoms with van der Waals surface area (Å²) in [5.74, 6) is 0. The fourth-order valence-corrected chi connectivity index (χ4v) is 0.770. The molecule has 126 valence electrons. The number of benzene rings is 2. The van der Waals surface area contributed by atoms with E-state index in [4.69, 9.17) is 0 Å². The molecule has 0 saturated heterocycles. The van der Waals surface area contributed by atoms with E-state index in [-0.39, 0.29) is 0 Å². The van der Waals surface area contributed by atoms with Gasteiger partial charge in [-0.2, -0.15) is 0 Å². The molecule has 0 fully saturated rings. The Labute approximate surface area is 140 Å². The normalized spacial score (nSPS) is 6.91. The molecule has 0 aromatic heterocycles. The molecule has 0 atom stereocenters. The molecule has 0 heterocycles. The number of allylic oxidation sites excluding steroid dienone is 2. The second kappa shape index (κ2) is 42.7. The first-order chi connectivity index (χ1) is 10.9. The summed E-state index contributed by atoms with van der Waals surface area (Å²) in [7, 11) is 0. The van der Waals surface area contributed by atoms with Gasteiger partial charge in [0.05, 0.1) is 0 Å². The summed E-state index contributed by atoms with van der Waals surface area (Å²) in [6.07, 6.45) is 4.00. The maximum atomic E-state index is 2.00. The SMILES string of the molecule is CC.CC.CC.CC=CC.c1ccccc1.c1ccccc1. The van der Waals surface area contributed by atoms with Gasteiger partial charge in [-0.05, 0) is 13.8 Å². The maximum absolute atomic E-state index is 2.00. The van der Waals surface area contributed by atoms with Gasteiger partial charge in [-0.1, -0.05) is 126 Å². The number of rotatable bonds is 0. The molecule has 0 aliphatic rings. The van der Waals surface area contributed by atoms with Crippen LogP contribution in [0.1, 0.15) is 55.4 Å². The van der Waals surface area contributed by atoms with Crippen LogP contribution in [0, 0.1) is 0 Å². The monoisotopic (exact) mass is 302 g/mol. The highest BCUT2D eigenvalue weighted by Gasteiger charge is 1.58. The van der Waals surface area contributed by atoms with E-state index in [1.165, 1.54) is 0 Å². The Morgan fingerprint density at radius 2 is 0.409 bits per heavy atom. The predicted octanol–water partition coefficient (Wildman–Crippen LogP) is 8.03. The van der Waals surface area contributed by atoms with Crippen molar-refractivity contribution < 1.29 is 0 Å². The van der Waals surface area contributed by atoms with Gasteiger partial charge in [-0.25, -0.2) is 0 Å². The Balaban J connectivity index is -0.0000000960. The van der Waals surface area contributed by atoms with Crippen molar-refractivity contribution in [1.82, 2.24) is 0 Å². The van der Waals surface area contributed by atoms with Crippen LogP contribution in [0.15, 0.2) is 84.9 Å². The average Bonchev–Trinajstić information content (AvgIpc) is 2.70. The van der Waals surface area contributed by atoms with Crippen LogP contribution < -0.4 is 0 Å². The van der Waals surface area contributed by atoms with Gasteiger partial charge in [-0.15, -0.1) is 0 Å². The minimum absolute atomic E-state index is 2.00. The predicted molar refractivity (Wildman–Crippen MR) is 107 cm³/mol. The van der Waals surface area contributed by atoms with E-state index in [0.29, 0.717) is 0 Å². The third-order valence-electron chi connectivity index (χ3n) is 1.67. The van der Waals surface area contributed by atoms with Crippen LogP contribution in [0.3, 0.4) is 0 Å². The minimum atomic E-state index is 2.00. The first-order valence-corrected chi connectivity index (χ1v) is 8.49. The average molecular weight is 303 g/mol. The molecule has 2 aromatic carbocycles. The van der Waals surface area contributed by atoms with Gasteiger partial charge in [0.15, 0.2) is 0 Å². The van der Waals surface area contributed by atoms with Crippen molar-refractivity contribution in [2.24, 2.45) is 0 Å². The van der Waals surface area contributed by atoms with E-state index in [9.17, 15) is 0 Å². The van der Waals surface area contributed by atoms with Gasteiger partial charge in [0.2, 0.25) is 0 Å². The molecule has 0 N–H and O–H groups in total. The highest BCUT2D eigenvalue weighted by molar-refractivity contribution is 4.99. The Morgan fingerprint density at radius 3 is 0.455 bits per heavy atom. The van der Waals surface area contributed by atoms with Crippen molar-refractivity contribution in [1.29, 1.82) is 0 Å². The van der Waals surface area contributed by atoms with Crippen LogP contribution in [0.5, 0.6) is 0 Å². The molecule has 0 amide bonds. The van der Waals surface area contributed by atoms with E-state index >= 15 is 0 Å². The van der Waals surface area contributed by atoms with Gasteiger partial charge < -0.3 is 0 Å². The van der Waals surface area contributed by atoms with Gasteiger partial charge in [0.25, 0.3) is 0 Å². The maximum Gasteiger partial charge on any atom is -0.0470 e. The zero-order valence-electron chi connectivity index (χ0n) is 16.1. The molecule has 0 spiro atoms. The third-order valence-corrected chi connectivity index (χ3v) is 1.67. The zero-order valence-corrected chi connectivity index (χ0v) is 16.1. The molecule has 0 saturated carbocycles. The summed E-state index contributed by atoms with van der Waals surface area (Å²) in [6, 6.07) is 24.0. The van der Waals surface area contributed by atoms with Crippen molar-refractivity contribution >= 4 is 0 Å². The summed E-state index contributed by atoms with van der Waals surface area (Å²) in [4.78, 5) is 0. The molecule has 0 unspecified atom stereocenters. The standard InChI is InChI=1S/2C6H6.C4H8.3C2H6/c2*1-2-4-6-5-3-1;1-3-4-2;3*1-2/h2*1-6H;3-4H,1-2H3;3*1-2H3. The summed E-state index contributed by atoms with van der Waals surface area (Å²) in [6.45, 7) is 16.0. The lowest BCUT2D eigenvalue weighted by atomic mass is 10.4. The van der Waals surface area contributed by atoms with E-state index in [2.05, 4.69) is 0 Å². The molecule has 2 rings (SSSR count). The van der Waals surface area contributed by atoms with Crippen molar-refractivity contribution in [2.45, 2.75) is 55.4 Å². The number of hydrogen-bond acceptors (Lipinski definition) is 0. The van der Waals surface area contributed by atoms with Crippen LogP contribution in [0.4, 0.5) is 0 Å². The highest BCUT2D eigenvalue weighted by Crippen LogP contribution is 1.80. The largest absolute Gasteiger partial charge is 0.0919 e. The molecule has 0 radical (unpaired) electrons. The topological polar surface area (TPSA) is 0 Å². The minimum Gasteiger partial charge on any atom is -0.0919 e. The van der Waals surface area contributed by atoms with Gasteiger partial charge in [-0.3, -0.25) is 0 Å². The van der Waals surface area contributed by atoms with Gasteiger partial charge in [0, 0.05) is 0 Å². The van der Waals surface area contributed by atoms with Gasteiger partial charge in [0.1, 0.15) is 0 Å². The molecule has 22 heavy (non-hydrogen) atoms. The van der Waals surface area contributed by atoms with Crippen molar-refractivity contribution in [2.75, 3.05) is 0 Å². The Bertz CT molecular complexity index is 233. The fraction of sp³-hybridized carbons (Fsp3) is 0.364. The van der Waals surface area contributed by atoms with Crippen LogP contribution in [0.2, 0.25) is 0 Å². The Hall–Kier alpha value is -1.82. The van der Waals surface area contributed by atoms with Crippen molar-refractivity contribution in [3.8, 4) is 0 Å². The lowest BCUT2D eigenvalue weighted by Gasteiger charge is -1.69. The van der Waals surface area contributed by atoms with E-state index in [1.54, 1.807) is 0 Å². The first-order valence-electron chi connectivity index (χ1n) is 8.49. The molecule has 0 bridgehead atoms. The van der Waals surface area contributed by atoms with Crippen LogP contribution in [0.25, 0.3) is 0 Å². The fourth-order valence-electron chi connectivity index (χ4n) is 0.770. The summed E-state index contributed by atoms with van der Waals surface area (Å²) >= 11 is 0. The quantitative estimate of drug-likeness (QED) is 0.432. The molecule has 0 aliphatic heterocycles. The van der Waals surface area contributed by atoms with Crippen molar-refractivity contribution in [3.05, 3.63) is 84.9 Å². The summed E-state index contributed by atoms with van der Waals surface area (Å²) < 4.78 is 0. The zero-order chi connectivity index (χ0) is 17.9. The molecular weight excluding hydrogens is 264 g/mol. The van der Waals surface area contributed by atoms with Crippen molar-refractivity contribution in [3.63, 3.8) is 0 Å². The first kappa shape index (κ1) is 28.4. The number of hydrogen-bond donors (Lipinski definition) is 0. The molecule has 0 heteroatoms. The lowest BCUT2D eigenvalue weighted by Crippen LogP contribution is -1.47. The van der Waals surface area contributed by atoms with Crippen LogP contribution in [-0.2, 0) is 0 Å². The Morgan fingerprint density at radius 1 is 0.318 bits per heavy atom. The summed E-state index contributed by atoms with van der Waals surface area (Å²) in [5.41, 5.74) is 0. The van der Waals surface area contributed by atoms with E-state index < -0.39 is 0 Å². The van der Waals surface area contributed by atoms with Gasteiger partial charge >= 0.3 is 0 Å².